The molecule has 4 aromatic heterocycles. The zero-order valence-electron chi connectivity index (χ0n) is 18.5. The predicted octanol–water partition coefficient (Wildman–Crippen LogP) is 1.76. The van der Waals surface area contributed by atoms with Gasteiger partial charge in [-0.1, -0.05) is 0 Å². The Morgan fingerprint density at radius 3 is 2.58 bits per heavy atom. The number of nitrogens with one attached hydrogen (secondary N) is 1. The van der Waals surface area contributed by atoms with Crippen molar-refractivity contribution >= 4 is 28.5 Å². The van der Waals surface area contributed by atoms with Crippen LogP contribution in [0.4, 0.5) is 5.69 Å². The van der Waals surface area contributed by atoms with Crippen LogP contribution in [0.25, 0.3) is 11.0 Å². The van der Waals surface area contributed by atoms with Crippen LogP contribution in [0.15, 0.2) is 24.4 Å². The molecule has 0 bridgehead atoms. The number of rotatable bonds is 5. The van der Waals surface area contributed by atoms with Gasteiger partial charge < -0.3 is 11.1 Å². The van der Waals surface area contributed by atoms with Crippen LogP contribution in [0, 0.1) is 32.1 Å². The Kier molecular flexibility index (Phi) is 5.35. The van der Waals surface area contributed by atoms with Gasteiger partial charge in [-0.25, -0.2) is 4.98 Å². The summed E-state index contributed by atoms with van der Waals surface area (Å²) in [5, 5.41) is 21.2. The minimum Gasteiger partial charge on any atom is -0.364 e. The molecule has 4 aromatic rings. The van der Waals surface area contributed by atoms with Gasteiger partial charge in [-0.2, -0.15) is 15.5 Å². The largest absolute Gasteiger partial charge is 0.364 e. The first-order valence-corrected chi connectivity index (χ1v) is 10.0. The molecule has 11 nitrogen and oxygen atoms in total. The highest BCUT2D eigenvalue weighted by Crippen LogP contribution is 2.25. The molecule has 0 fully saturated rings. The number of primary amides is 1. The van der Waals surface area contributed by atoms with Gasteiger partial charge in [0.05, 0.1) is 51.5 Å². The number of anilines is 1. The lowest BCUT2D eigenvalue weighted by Crippen LogP contribution is -2.18. The Hall–Kier alpha value is -4.59. The van der Waals surface area contributed by atoms with Gasteiger partial charge in [0, 0.05) is 13.2 Å². The Morgan fingerprint density at radius 1 is 1.18 bits per heavy atom. The minimum atomic E-state index is -0.736. The van der Waals surface area contributed by atoms with Crippen molar-refractivity contribution in [3.05, 3.63) is 64.0 Å². The third-order valence-corrected chi connectivity index (χ3v) is 5.35. The molecule has 2 amide bonds. The number of hydrogen-bond donors (Lipinski definition) is 2. The highest BCUT2D eigenvalue weighted by Gasteiger charge is 2.22. The van der Waals surface area contributed by atoms with E-state index in [9.17, 15) is 9.59 Å². The van der Waals surface area contributed by atoms with E-state index in [-0.39, 0.29) is 11.3 Å². The van der Waals surface area contributed by atoms with Gasteiger partial charge >= 0.3 is 0 Å². The van der Waals surface area contributed by atoms with Gasteiger partial charge in [0.1, 0.15) is 11.8 Å². The van der Waals surface area contributed by atoms with Crippen molar-refractivity contribution in [2.24, 2.45) is 12.8 Å². The van der Waals surface area contributed by atoms with Gasteiger partial charge in [0.15, 0.2) is 5.65 Å². The number of aryl methyl sites for hydroxylation is 3. The fraction of sp³-hybridized carbons (Fsp3) is 0.227. The summed E-state index contributed by atoms with van der Waals surface area (Å²) in [4.78, 5) is 33.6. The van der Waals surface area contributed by atoms with Crippen LogP contribution in [0.2, 0.25) is 0 Å². The lowest BCUT2D eigenvalue weighted by Gasteiger charge is -2.09. The molecule has 0 saturated carbocycles. The van der Waals surface area contributed by atoms with E-state index < -0.39 is 11.8 Å². The summed E-state index contributed by atoms with van der Waals surface area (Å²) < 4.78 is 3.23. The lowest BCUT2D eigenvalue weighted by molar-refractivity contribution is 0.0996. The van der Waals surface area contributed by atoms with Crippen LogP contribution < -0.4 is 11.1 Å². The third-order valence-electron chi connectivity index (χ3n) is 5.35. The standard InChI is InChI=1S/C22H21N9O2/c1-11-18-16(7-17(20(24)32)26-21(18)30(4)28-11)22(33)27-19-12(2)29-31(13(19)3)10-15-6-5-14(8-23)9-25-15/h5-7,9H,10H2,1-4H3,(H2,24,32)(H,27,33). The van der Waals surface area contributed by atoms with Crippen molar-refractivity contribution in [1.29, 1.82) is 5.26 Å². The molecular formula is C22H21N9O2. The molecule has 0 spiro atoms. The Bertz CT molecular complexity index is 1460. The maximum Gasteiger partial charge on any atom is 0.267 e. The number of nitrogens with zero attached hydrogens (tertiary/aromatic N) is 7. The van der Waals surface area contributed by atoms with E-state index in [0.29, 0.717) is 40.2 Å². The Labute approximate surface area is 188 Å². The molecule has 0 aliphatic carbocycles. The first-order valence-electron chi connectivity index (χ1n) is 10.0. The van der Waals surface area contributed by atoms with E-state index >= 15 is 0 Å². The van der Waals surface area contributed by atoms with Gasteiger partial charge in [-0.3, -0.25) is 23.9 Å². The molecule has 33 heavy (non-hydrogen) atoms. The molecule has 0 aromatic carbocycles. The molecule has 0 radical (unpaired) electrons. The maximum atomic E-state index is 13.3. The van der Waals surface area contributed by atoms with Crippen molar-refractivity contribution in [3.63, 3.8) is 0 Å². The lowest BCUT2D eigenvalue weighted by atomic mass is 10.1. The monoisotopic (exact) mass is 443 g/mol. The molecule has 0 atom stereocenters. The summed E-state index contributed by atoms with van der Waals surface area (Å²) in [5.74, 6) is -1.16. The van der Waals surface area contributed by atoms with Crippen LogP contribution in [-0.2, 0) is 13.6 Å². The second-order valence-electron chi connectivity index (χ2n) is 7.63. The van der Waals surface area contributed by atoms with E-state index in [2.05, 4.69) is 25.5 Å². The minimum absolute atomic E-state index is 0.0216. The van der Waals surface area contributed by atoms with Crippen LogP contribution in [0.5, 0.6) is 0 Å². The summed E-state index contributed by atoms with van der Waals surface area (Å²) in [5.41, 5.74) is 9.77. The van der Waals surface area contributed by atoms with E-state index in [4.69, 9.17) is 11.0 Å². The normalized spacial score (nSPS) is 10.9. The number of nitriles is 1. The number of hydrogen-bond acceptors (Lipinski definition) is 7. The summed E-state index contributed by atoms with van der Waals surface area (Å²) in [6.07, 6.45) is 1.50. The number of aromatic nitrogens is 6. The van der Waals surface area contributed by atoms with Gasteiger partial charge in [-0.15, -0.1) is 0 Å². The number of carbonyl (C=O) groups is 2. The number of pyridine rings is 2. The molecule has 166 valence electrons. The Morgan fingerprint density at radius 2 is 1.94 bits per heavy atom. The SMILES string of the molecule is Cc1nn(Cc2ccc(C#N)cn2)c(C)c1NC(=O)c1cc(C(N)=O)nc2c1c(C)nn2C. The van der Waals surface area contributed by atoms with Crippen molar-refractivity contribution in [2.75, 3.05) is 5.32 Å². The fourth-order valence-corrected chi connectivity index (χ4v) is 3.70. The highest BCUT2D eigenvalue weighted by atomic mass is 16.2. The molecule has 0 aliphatic rings. The molecule has 3 N–H and O–H groups in total. The zero-order chi connectivity index (χ0) is 23.9. The maximum absolute atomic E-state index is 13.3. The molecule has 0 aliphatic heterocycles. The van der Waals surface area contributed by atoms with Crippen molar-refractivity contribution in [2.45, 2.75) is 27.3 Å². The van der Waals surface area contributed by atoms with Gasteiger partial charge in [-0.05, 0) is 39.0 Å². The number of carbonyl (C=O) groups excluding carboxylic acids is 2. The second-order valence-corrected chi connectivity index (χ2v) is 7.63. The average molecular weight is 443 g/mol. The molecule has 11 heteroatoms. The van der Waals surface area contributed by atoms with Crippen LogP contribution in [0.3, 0.4) is 0 Å². The number of fused-ring (bicyclic) bond motifs is 1. The topological polar surface area (TPSA) is 157 Å². The first kappa shape index (κ1) is 21.6. The molecule has 0 saturated heterocycles. The molecule has 4 rings (SSSR count). The quantitative estimate of drug-likeness (QED) is 0.475. The summed E-state index contributed by atoms with van der Waals surface area (Å²) >= 11 is 0. The fourth-order valence-electron chi connectivity index (χ4n) is 3.70. The van der Waals surface area contributed by atoms with E-state index in [1.54, 1.807) is 37.7 Å². The summed E-state index contributed by atoms with van der Waals surface area (Å²) in [6.45, 7) is 5.77. The second kappa shape index (κ2) is 8.16. The summed E-state index contributed by atoms with van der Waals surface area (Å²) in [7, 11) is 1.68. The molecule has 0 unspecified atom stereocenters. The van der Waals surface area contributed by atoms with E-state index in [1.807, 2.05) is 13.0 Å². The van der Waals surface area contributed by atoms with E-state index in [1.165, 1.54) is 16.9 Å². The highest BCUT2D eigenvalue weighted by molar-refractivity contribution is 6.14. The molecule has 4 heterocycles. The van der Waals surface area contributed by atoms with Crippen LogP contribution in [0.1, 0.15) is 49.2 Å². The number of amides is 2. The number of nitrogens with two attached hydrogens (primary N) is 1. The van der Waals surface area contributed by atoms with Crippen LogP contribution >= 0.6 is 0 Å². The first-order chi connectivity index (χ1) is 15.7. The average Bonchev–Trinajstić information content (AvgIpc) is 3.23. The molecular weight excluding hydrogens is 422 g/mol. The summed E-state index contributed by atoms with van der Waals surface area (Å²) in [6, 6.07) is 6.87. The van der Waals surface area contributed by atoms with Crippen molar-refractivity contribution in [3.8, 4) is 6.07 Å². The van der Waals surface area contributed by atoms with Crippen LogP contribution in [-0.4, -0.2) is 41.3 Å². The van der Waals surface area contributed by atoms with Crippen molar-refractivity contribution in [1.82, 2.24) is 29.5 Å². The smallest absolute Gasteiger partial charge is 0.267 e. The zero-order valence-corrected chi connectivity index (χ0v) is 18.5. The van der Waals surface area contributed by atoms with Crippen molar-refractivity contribution < 1.29 is 9.59 Å². The predicted molar refractivity (Wildman–Crippen MR) is 119 cm³/mol. The van der Waals surface area contributed by atoms with Gasteiger partial charge in [0.25, 0.3) is 11.8 Å². The third kappa shape index (κ3) is 3.89. The van der Waals surface area contributed by atoms with Gasteiger partial charge in [0.2, 0.25) is 0 Å². The van der Waals surface area contributed by atoms with E-state index in [0.717, 1.165) is 11.4 Å². The Balaban J connectivity index is 1.69.